The number of amides is 1. The number of carbonyl (C=O) groups excluding carboxylic acids is 1. The van der Waals surface area contributed by atoms with Gasteiger partial charge >= 0.3 is 0 Å². The number of carbonyl (C=O) groups is 1. The highest BCUT2D eigenvalue weighted by Crippen LogP contribution is 2.34. The topological polar surface area (TPSA) is 67.8 Å². The Bertz CT molecular complexity index is 796. The van der Waals surface area contributed by atoms with Crippen molar-refractivity contribution < 1.29 is 28.2 Å². The van der Waals surface area contributed by atoms with Gasteiger partial charge in [0, 0.05) is 23.9 Å². The van der Waals surface area contributed by atoms with Crippen molar-refractivity contribution in [1.29, 1.82) is 0 Å². The van der Waals surface area contributed by atoms with E-state index in [4.69, 9.17) is 9.47 Å². The molecule has 0 aromatic heterocycles. The van der Waals surface area contributed by atoms with Crippen molar-refractivity contribution in [3.8, 4) is 17.2 Å². The van der Waals surface area contributed by atoms with Gasteiger partial charge in [0.05, 0.1) is 13.2 Å². The molecule has 3 rings (SSSR count). The van der Waals surface area contributed by atoms with Crippen LogP contribution in [0.15, 0.2) is 30.3 Å². The summed E-state index contributed by atoms with van der Waals surface area (Å²) >= 11 is 0. The van der Waals surface area contributed by atoms with E-state index in [0.717, 1.165) is 25.7 Å². The quantitative estimate of drug-likeness (QED) is 0.833. The summed E-state index contributed by atoms with van der Waals surface area (Å²) in [5.74, 6) is -2.77. The Balaban J connectivity index is 1.82. The Morgan fingerprint density at radius 3 is 2.54 bits per heavy atom. The number of anilines is 1. The molecule has 0 radical (unpaired) electrons. The van der Waals surface area contributed by atoms with Gasteiger partial charge in [-0.2, -0.15) is 0 Å². The third-order valence-electron chi connectivity index (χ3n) is 4.28. The van der Waals surface area contributed by atoms with Crippen molar-refractivity contribution in [2.45, 2.75) is 31.8 Å². The fraction of sp³-hybridized carbons (Fsp3) is 0.316. The highest BCUT2D eigenvalue weighted by molar-refractivity contribution is 6.06. The number of aromatic hydroxyl groups is 1. The molecule has 0 aliphatic heterocycles. The van der Waals surface area contributed by atoms with Crippen molar-refractivity contribution in [1.82, 2.24) is 0 Å². The Kier molecular flexibility index (Phi) is 5.25. The minimum absolute atomic E-state index is 0.0911. The summed E-state index contributed by atoms with van der Waals surface area (Å²) < 4.78 is 38.1. The molecule has 138 valence electrons. The number of halogens is 2. The van der Waals surface area contributed by atoms with E-state index in [-0.39, 0.29) is 6.10 Å². The van der Waals surface area contributed by atoms with Crippen LogP contribution in [-0.2, 0) is 0 Å². The maximum Gasteiger partial charge on any atom is 0.262 e. The number of ether oxygens (including phenoxy) is 2. The van der Waals surface area contributed by atoms with Crippen molar-refractivity contribution in [3.05, 3.63) is 47.5 Å². The van der Waals surface area contributed by atoms with Gasteiger partial charge in [0.2, 0.25) is 0 Å². The fourth-order valence-corrected chi connectivity index (χ4v) is 3.01. The maximum absolute atomic E-state index is 13.8. The summed E-state index contributed by atoms with van der Waals surface area (Å²) in [6, 6.07) is 5.99. The highest BCUT2D eigenvalue weighted by atomic mass is 19.1. The Labute approximate surface area is 149 Å². The van der Waals surface area contributed by atoms with E-state index in [9.17, 15) is 18.7 Å². The molecule has 1 fully saturated rings. The Morgan fingerprint density at radius 1 is 1.15 bits per heavy atom. The fourth-order valence-electron chi connectivity index (χ4n) is 3.01. The van der Waals surface area contributed by atoms with Gasteiger partial charge < -0.3 is 19.9 Å². The van der Waals surface area contributed by atoms with Crippen LogP contribution >= 0.6 is 0 Å². The molecular weight excluding hydrogens is 344 g/mol. The van der Waals surface area contributed by atoms with Crippen molar-refractivity contribution in [2.75, 3.05) is 12.4 Å². The van der Waals surface area contributed by atoms with Crippen LogP contribution in [0.4, 0.5) is 14.5 Å². The van der Waals surface area contributed by atoms with Gasteiger partial charge in [0.1, 0.15) is 22.9 Å². The average Bonchev–Trinajstić information content (AvgIpc) is 3.07. The van der Waals surface area contributed by atoms with Crippen LogP contribution < -0.4 is 14.8 Å². The van der Waals surface area contributed by atoms with Crippen molar-refractivity contribution >= 4 is 11.6 Å². The van der Waals surface area contributed by atoms with Crippen LogP contribution in [-0.4, -0.2) is 24.2 Å². The number of phenolic OH excluding ortho intramolecular Hbond substituents is 1. The van der Waals surface area contributed by atoms with Gasteiger partial charge in [-0.1, -0.05) is 0 Å². The molecular formula is C19H19F2NO4. The van der Waals surface area contributed by atoms with E-state index >= 15 is 0 Å². The molecule has 1 amide bonds. The van der Waals surface area contributed by atoms with E-state index in [1.165, 1.54) is 7.11 Å². The van der Waals surface area contributed by atoms with Gasteiger partial charge in [0.15, 0.2) is 11.5 Å². The van der Waals surface area contributed by atoms with E-state index in [2.05, 4.69) is 5.32 Å². The molecule has 1 aliphatic rings. The molecule has 0 spiro atoms. The van der Waals surface area contributed by atoms with E-state index in [1.807, 2.05) is 0 Å². The molecule has 0 bridgehead atoms. The number of benzene rings is 2. The van der Waals surface area contributed by atoms with Crippen LogP contribution in [0.3, 0.4) is 0 Å². The Morgan fingerprint density at radius 2 is 1.88 bits per heavy atom. The van der Waals surface area contributed by atoms with Gasteiger partial charge in [-0.15, -0.1) is 0 Å². The predicted molar refractivity (Wildman–Crippen MR) is 91.9 cm³/mol. The second-order valence-electron chi connectivity index (χ2n) is 6.13. The molecule has 2 aromatic carbocycles. The first kappa shape index (κ1) is 18.0. The second-order valence-corrected chi connectivity index (χ2v) is 6.13. The highest BCUT2D eigenvalue weighted by Gasteiger charge is 2.21. The number of rotatable bonds is 5. The smallest absolute Gasteiger partial charge is 0.262 e. The van der Waals surface area contributed by atoms with E-state index in [0.29, 0.717) is 29.3 Å². The van der Waals surface area contributed by atoms with Crippen LogP contribution in [0.5, 0.6) is 17.2 Å². The third kappa shape index (κ3) is 3.87. The van der Waals surface area contributed by atoms with Crippen molar-refractivity contribution in [3.63, 3.8) is 0 Å². The minimum Gasteiger partial charge on any atom is -0.507 e. The van der Waals surface area contributed by atoms with Crippen molar-refractivity contribution in [2.24, 2.45) is 0 Å². The van der Waals surface area contributed by atoms with Gasteiger partial charge in [-0.25, -0.2) is 8.78 Å². The minimum atomic E-state index is -1.14. The SMILES string of the molecule is COc1ccc(NC(=O)c2c(O)cc(F)cc2F)cc1OC1CCCC1. The lowest BCUT2D eigenvalue weighted by molar-refractivity contribution is 0.102. The number of hydrogen-bond donors (Lipinski definition) is 2. The van der Waals surface area contributed by atoms with Crippen LogP contribution in [0.25, 0.3) is 0 Å². The molecule has 2 aromatic rings. The zero-order valence-electron chi connectivity index (χ0n) is 14.2. The molecule has 1 saturated carbocycles. The molecule has 26 heavy (non-hydrogen) atoms. The number of nitrogens with one attached hydrogen (secondary N) is 1. The molecule has 1 aliphatic carbocycles. The molecule has 0 saturated heterocycles. The van der Waals surface area contributed by atoms with Gasteiger partial charge in [-0.05, 0) is 37.8 Å². The standard InChI is InChI=1S/C19H19F2NO4/c1-25-16-7-6-12(10-17(16)26-13-4-2-3-5-13)22-19(24)18-14(21)8-11(20)9-15(18)23/h6-10,13,23H,2-5H2,1H3,(H,22,24). The lowest BCUT2D eigenvalue weighted by atomic mass is 10.1. The Hall–Kier alpha value is -2.83. The second kappa shape index (κ2) is 7.59. The lowest BCUT2D eigenvalue weighted by Crippen LogP contribution is -2.15. The van der Waals surface area contributed by atoms with Crippen LogP contribution in [0.1, 0.15) is 36.0 Å². The summed E-state index contributed by atoms with van der Waals surface area (Å²) in [6.45, 7) is 0. The number of methoxy groups -OCH3 is 1. The van der Waals surface area contributed by atoms with Gasteiger partial charge in [0.25, 0.3) is 5.91 Å². The molecule has 0 unspecified atom stereocenters. The predicted octanol–water partition coefficient (Wildman–Crippen LogP) is 4.25. The first-order chi connectivity index (χ1) is 12.5. The normalized spacial score (nSPS) is 14.3. The lowest BCUT2D eigenvalue weighted by Gasteiger charge is -2.17. The monoisotopic (exact) mass is 363 g/mol. The van der Waals surface area contributed by atoms with E-state index in [1.54, 1.807) is 18.2 Å². The molecule has 7 heteroatoms. The van der Waals surface area contributed by atoms with Crippen LogP contribution in [0.2, 0.25) is 0 Å². The third-order valence-corrected chi connectivity index (χ3v) is 4.28. The summed E-state index contributed by atoms with van der Waals surface area (Å²) in [5.41, 5.74) is -0.285. The number of hydrogen-bond acceptors (Lipinski definition) is 4. The van der Waals surface area contributed by atoms with Gasteiger partial charge in [-0.3, -0.25) is 4.79 Å². The van der Waals surface area contributed by atoms with Crippen LogP contribution in [0, 0.1) is 11.6 Å². The number of phenols is 1. The average molecular weight is 363 g/mol. The molecule has 0 heterocycles. The summed E-state index contributed by atoms with van der Waals surface area (Å²) in [5, 5.41) is 12.1. The first-order valence-corrected chi connectivity index (χ1v) is 8.32. The maximum atomic E-state index is 13.8. The van der Waals surface area contributed by atoms with E-state index < -0.39 is 28.9 Å². The molecule has 5 nitrogen and oxygen atoms in total. The summed E-state index contributed by atoms with van der Waals surface area (Å²) in [6.07, 6.45) is 4.20. The largest absolute Gasteiger partial charge is 0.507 e. The molecule has 0 atom stereocenters. The zero-order valence-corrected chi connectivity index (χ0v) is 14.2. The summed E-state index contributed by atoms with van der Waals surface area (Å²) in [4.78, 5) is 12.3. The molecule has 2 N–H and O–H groups in total. The first-order valence-electron chi connectivity index (χ1n) is 8.32. The zero-order chi connectivity index (χ0) is 18.7. The summed E-state index contributed by atoms with van der Waals surface area (Å²) in [7, 11) is 1.51.